The zero-order valence-corrected chi connectivity index (χ0v) is 18.8. The van der Waals surface area contributed by atoms with E-state index in [0.717, 1.165) is 54.2 Å². The van der Waals surface area contributed by atoms with Crippen molar-refractivity contribution in [1.29, 1.82) is 0 Å². The summed E-state index contributed by atoms with van der Waals surface area (Å²) in [7, 11) is 0. The first-order valence-electron chi connectivity index (χ1n) is 11.3. The summed E-state index contributed by atoms with van der Waals surface area (Å²) in [5, 5.41) is 14.2. The van der Waals surface area contributed by atoms with E-state index in [2.05, 4.69) is 14.9 Å². The summed E-state index contributed by atoms with van der Waals surface area (Å²) >= 11 is 0. The van der Waals surface area contributed by atoms with E-state index < -0.39 is 5.91 Å². The normalized spacial score (nSPS) is 17.0. The molecule has 1 amide bonds. The number of carbonyl (C=O) groups excluding carboxylic acids is 1. The van der Waals surface area contributed by atoms with E-state index in [1.54, 1.807) is 11.6 Å². The molecule has 0 radical (unpaired) electrons. The van der Waals surface area contributed by atoms with Crippen LogP contribution in [0.2, 0.25) is 0 Å². The highest BCUT2D eigenvalue weighted by molar-refractivity contribution is 5.91. The summed E-state index contributed by atoms with van der Waals surface area (Å²) in [6.45, 7) is 6.29. The zero-order valence-electron chi connectivity index (χ0n) is 18.8. The average Bonchev–Trinajstić information content (AvgIpc) is 3.31. The molecule has 0 bridgehead atoms. The number of hydroxylamine groups is 1. The molecule has 34 heavy (non-hydrogen) atoms. The number of benzene rings is 1. The molecule has 3 aromatic rings. The fourth-order valence-electron chi connectivity index (χ4n) is 4.08. The highest BCUT2D eigenvalue weighted by Crippen LogP contribution is 2.28. The number of carbonyl (C=O) groups is 1. The minimum atomic E-state index is -0.570. The fourth-order valence-corrected chi connectivity index (χ4v) is 4.08. The number of morpholine rings is 2. The summed E-state index contributed by atoms with van der Waals surface area (Å²) in [4.78, 5) is 25.4. The zero-order chi connectivity index (χ0) is 23.3. The number of amides is 1. The van der Waals surface area contributed by atoms with Gasteiger partial charge < -0.3 is 19.3 Å². The van der Waals surface area contributed by atoms with Crippen LogP contribution in [-0.4, -0.2) is 83.5 Å². The number of ether oxygens (including phenoxy) is 2. The quantitative estimate of drug-likeness (QED) is 0.313. The van der Waals surface area contributed by atoms with Gasteiger partial charge in [-0.3, -0.25) is 10.0 Å². The van der Waals surface area contributed by atoms with Gasteiger partial charge in [-0.1, -0.05) is 24.3 Å². The summed E-state index contributed by atoms with van der Waals surface area (Å²) in [6, 6.07) is 7.79. The lowest BCUT2D eigenvalue weighted by Gasteiger charge is -2.31. The number of anilines is 2. The molecule has 2 saturated heterocycles. The highest BCUT2D eigenvalue weighted by atomic mass is 16.5. The molecule has 0 aliphatic carbocycles. The maximum Gasteiger partial charge on any atom is 0.267 e. The molecule has 11 heteroatoms. The number of aromatic nitrogens is 4. The van der Waals surface area contributed by atoms with E-state index in [1.807, 2.05) is 35.1 Å². The maximum atomic E-state index is 11.2. The van der Waals surface area contributed by atoms with Crippen LogP contribution >= 0.6 is 0 Å². The van der Waals surface area contributed by atoms with Crippen molar-refractivity contribution in [3.05, 3.63) is 47.7 Å². The predicted octanol–water partition coefficient (Wildman–Crippen LogP) is 1.07. The van der Waals surface area contributed by atoms with Gasteiger partial charge >= 0.3 is 0 Å². The van der Waals surface area contributed by atoms with Crippen LogP contribution < -0.4 is 15.3 Å². The largest absolute Gasteiger partial charge is 0.378 e. The molecule has 4 heterocycles. The molecule has 0 saturated carbocycles. The lowest BCUT2D eigenvalue weighted by Crippen LogP contribution is -2.39. The third-order valence-corrected chi connectivity index (χ3v) is 5.92. The van der Waals surface area contributed by atoms with Crippen molar-refractivity contribution in [3.8, 4) is 0 Å². The van der Waals surface area contributed by atoms with E-state index >= 15 is 0 Å². The SMILES string of the molecule is O=C(/C=C/c1ccc(Cn2ncc3c(N4CCOCC4)nc(N4CCOCC4)nc32)cc1)NO. The van der Waals surface area contributed by atoms with E-state index in [4.69, 9.17) is 24.6 Å². The molecule has 1 aromatic carbocycles. The molecule has 2 aliphatic rings. The van der Waals surface area contributed by atoms with Gasteiger partial charge in [0.05, 0.1) is 44.6 Å². The minimum absolute atomic E-state index is 0.548. The van der Waals surface area contributed by atoms with Crippen LogP contribution in [0, 0.1) is 0 Å². The molecule has 2 aliphatic heterocycles. The molecular weight excluding hydrogens is 438 g/mol. The maximum absolute atomic E-state index is 11.2. The number of hydrogen-bond donors (Lipinski definition) is 2. The van der Waals surface area contributed by atoms with Gasteiger partial charge in [0.1, 0.15) is 5.82 Å². The third kappa shape index (κ3) is 4.86. The Bertz CT molecular complexity index is 1170. The molecule has 0 atom stereocenters. The van der Waals surface area contributed by atoms with Crippen LogP contribution in [0.4, 0.5) is 11.8 Å². The molecule has 2 aromatic heterocycles. The summed E-state index contributed by atoms with van der Waals surface area (Å²) in [5.74, 6) is 1.02. The predicted molar refractivity (Wildman–Crippen MR) is 126 cm³/mol. The first-order chi connectivity index (χ1) is 16.7. The van der Waals surface area contributed by atoms with Crippen molar-refractivity contribution in [1.82, 2.24) is 25.2 Å². The van der Waals surface area contributed by atoms with Crippen molar-refractivity contribution in [2.75, 3.05) is 62.4 Å². The lowest BCUT2D eigenvalue weighted by atomic mass is 10.1. The lowest BCUT2D eigenvalue weighted by molar-refractivity contribution is -0.124. The van der Waals surface area contributed by atoms with Crippen molar-refractivity contribution in [2.24, 2.45) is 0 Å². The number of hydrogen-bond acceptors (Lipinski definition) is 9. The van der Waals surface area contributed by atoms with E-state index in [9.17, 15) is 4.79 Å². The van der Waals surface area contributed by atoms with Gasteiger partial charge in [0, 0.05) is 32.3 Å². The smallest absolute Gasteiger partial charge is 0.267 e. The molecule has 2 N–H and O–H groups in total. The third-order valence-electron chi connectivity index (χ3n) is 5.92. The molecule has 5 rings (SSSR count). The number of rotatable bonds is 6. The van der Waals surface area contributed by atoms with E-state index in [1.165, 1.54) is 6.08 Å². The van der Waals surface area contributed by atoms with Crippen molar-refractivity contribution in [3.63, 3.8) is 0 Å². The first-order valence-corrected chi connectivity index (χ1v) is 11.3. The Hall–Kier alpha value is -3.54. The second-order valence-corrected chi connectivity index (χ2v) is 8.14. The Balaban J connectivity index is 1.45. The van der Waals surface area contributed by atoms with Gasteiger partial charge in [-0.15, -0.1) is 0 Å². The van der Waals surface area contributed by atoms with Crippen LogP contribution in [0.3, 0.4) is 0 Å². The average molecular weight is 466 g/mol. The van der Waals surface area contributed by atoms with Crippen LogP contribution in [0.5, 0.6) is 0 Å². The van der Waals surface area contributed by atoms with Gasteiger partial charge in [-0.2, -0.15) is 15.1 Å². The Morgan fingerprint density at radius 2 is 1.68 bits per heavy atom. The summed E-state index contributed by atoms with van der Waals surface area (Å²) in [6.07, 6.45) is 4.75. The number of nitrogens with one attached hydrogen (secondary N) is 1. The highest BCUT2D eigenvalue weighted by Gasteiger charge is 2.23. The Kier molecular flexibility index (Phi) is 6.65. The molecule has 0 spiro atoms. The second-order valence-electron chi connectivity index (χ2n) is 8.14. The molecule has 11 nitrogen and oxygen atoms in total. The van der Waals surface area contributed by atoms with Gasteiger partial charge in [0.15, 0.2) is 5.65 Å². The Labute approximate surface area is 196 Å². The van der Waals surface area contributed by atoms with Crippen LogP contribution in [0.25, 0.3) is 17.1 Å². The first kappa shape index (κ1) is 22.3. The van der Waals surface area contributed by atoms with E-state index in [-0.39, 0.29) is 0 Å². The molecule has 2 fully saturated rings. The van der Waals surface area contributed by atoms with Gasteiger partial charge in [0.25, 0.3) is 5.91 Å². The van der Waals surface area contributed by atoms with Crippen molar-refractivity contribution in [2.45, 2.75) is 6.54 Å². The van der Waals surface area contributed by atoms with Crippen molar-refractivity contribution >= 4 is 34.8 Å². The van der Waals surface area contributed by atoms with Crippen molar-refractivity contribution < 1.29 is 19.5 Å². The Morgan fingerprint density at radius 3 is 2.35 bits per heavy atom. The molecular formula is C23H27N7O4. The summed E-state index contributed by atoms with van der Waals surface area (Å²) < 4.78 is 12.9. The minimum Gasteiger partial charge on any atom is -0.378 e. The fraction of sp³-hybridized carbons (Fsp3) is 0.391. The number of fused-ring (bicyclic) bond motifs is 1. The van der Waals surface area contributed by atoms with Gasteiger partial charge in [0.2, 0.25) is 5.95 Å². The topological polar surface area (TPSA) is 118 Å². The molecule has 178 valence electrons. The monoisotopic (exact) mass is 465 g/mol. The van der Waals surface area contributed by atoms with E-state index in [0.29, 0.717) is 38.9 Å². The standard InChI is InChI=1S/C23H27N7O4/c31-20(27-32)6-5-17-1-3-18(4-2-17)16-30-22-19(15-24-30)21(28-7-11-33-12-8-28)25-23(26-22)29-9-13-34-14-10-29/h1-6,15,32H,7-14,16H2,(H,27,31)/b6-5+. The molecule has 0 unspecified atom stereocenters. The summed E-state index contributed by atoms with van der Waals surface area (Å²) in [5.41, 5.74) is 4.27. The van der Waals surface area contributed by atoms with Gasteiger partial charge in [-0.25, -0.2) is 10.2 Å². The van der Waals surface area contributed by atoms with Gasteiger partial charge in [-0.05, 0) is 17.2 Å². The second kappa shape index (κ2) is 10.2. The number of nitrogens with zero attached hydrogens (tertiary/aromatic N) is 6. The van der Waals surface area contributed by atoms with Crippen LogP contribution in [-0.2, 0) is 20.8 Å². The van der Waals surface area contributed by atoms with Crippen LogP contribution in [0.1, 0.15) is 11.1 Å². The van der Waals surface area contributed by atoms with Crippen LogP contribution in [0.15, 0.2) is 36.5 Å². The Morgan fingerprint density at radius 1 is 1.00 bits per heavy atom.